The van der Waals surface area contributed by atoms with Gasteiger partial charge in [0.05, 0.1) is 70.0 Å². The molecule has 8 unspecified atom stereocenters. The van der Waals surface area contributed by atoms with Crippen LogP contribution in [0.15, 0.2) is 144 Å². The Labute approximate surface area is 869 Å². The SMILES string of the molecule is CC(C)(C1CCC(N=C=O)CC1)C1CCC(N=C=O)CC1.CC(CCN=C=O)CC(C)(C)CN=C=O.CC1(C)CC(N=C=O)CC(C)(CN=C=O)C1.CCCCCCCCCCC1C=CC2(CCCCCCCCC2N=C=O)C(/C=C\CCCCCCCCCN=C=O)C1CCCCC.CCN=C=O.O=C=NCCCCCCN=C=O.O=C=NCc1ccccc1.O=C=NCn1c(=O)n(CN=C=O)c(=O)n(CN=C=O)c1=O. The number of isocyanates is 15. The average molecular weight is 2040 g/mol. The van der Waals surface area contributed by atoms with E-state index in [0.29, 0.717) is 107 Å². The summed E-state index contributed by atoms with van der Waals surface area (Å²) in [5.41, 5.74) is -2.07. The summed E-state index contributed by atoms with van der Waals surface area (Å²) in [6.07, 6.45) is 87.1. The lowest BCUT2D eigenvalue weighted by molar-refractivity contribution is 0.0526. The predicted octanol–water partition coefficient (Wildman–Crippen LogP) is 21.6. The highest BCUT2D eigenvalue weighted by molar-refractivity contribution is 5.38. The quantitative estimate of drug-likeness (QED) is 0.0257. The monoisotopic (exact) mass is 2040 g/mol. The van der Waals surface area contributed by atoms with Crippen LogP contribution in [0.2, 0.25) is 0 Å². The van der Waals surface area contributed by atoms with E-state index in [9.17, 15) is 81.5 Å². The Hall–Kier alpha value is -12.2. The predicted molar refractivity (Wildman–Crippen MR) is 567 cm³/mol. The first-order valence-corrected chi connectivity index (χ1v) is 53.1. The zero-order valence-electron chi connectivity index (χ0n) is 89.7. The Morgan fingerprint density at radius 3 is 1.28 bits per heavy atom. The molecule has 5 aliphatic rings. The first-order chi connectivity index (χ1) is 71.1. The van der Waals surface area contributed by atoms with Crippen LogP contribution in [-0.2, 0) is 98.5 Å². The molecule has 8 atom stereocenters. The third-order valence-corrected chi connectivity index (χ3v) is 28.0. The van der Waals surface area contributed by atoms with E-state index in [4.69, 9.17) is 4.79 Å². The lowest BCUT2D eigenvalue weighted by Gasteiger charge is -2.50. The fraction of sp³-hybridized carbons (Fsp3) is 0.748. The summed E-state index contributed by atoms with van der Waals surface area (Å²) in [6, 6.07) is 10.0. The van der Waals surface area contributed by atoms with Crippen LogP contribution in [0.25, 0.3) is 0 Å². The maximum atomic E-state index is 11.9. The second-order valence-electron chi connectivity index (χ2n) is 41.0. The van der Waals surface area contributed by atoms with Crippen molar-refractivity contribution in [3.8, 4) is 0 Å². The molecule has 1 heterocycles. The van der Waals surface area contributed by atoms with Gasteiger partial charge in [0.25, 0.3) is 0 Å². The van der Waals surface area contributed by atoms with Gasteiger partial charge in [0, 0.05) is 12.0 Å². The van der Waals surface area contributed by atoms with E-state index in [1.54, 1.807) is 43.4 Å². The van der Waals surface area contributed by atoms with E-state index in [1.165, 1.54) is 184 Å². The van der Waals surface area contributed by atoms with Crippen molar-refractivity contribution in [2.45, 2.75) is 422 Å². The summed E-state index contributed by atoms with van der Waals surface area (Å²) in [7, 11) is 0. The van der Waals surface area contributed by atoms with Gasteiger partial charge in [-0.25, -0.2) is 160 Å². The number of allylic oxidation sites excluding steroid dienone is 3. The number of nitrogens with zero attached hydrogens (tertiary/aromatic N) is 18. The molecule has 4 saturated carbocycles. The highest BCUT2D eigenvalue weighted by Gasteiger charge is 2.49. The summed E-state index contributed by atoms with van der Waals surface area (Å²) in [5.74, 6) is 3.63. The van der Waals surface area contributed by atoms with Gasteiger partial charge < -0.3 is 0 Å². The van der Waals surface area contributed by atoms with Crippen LogP contribution in [0.1, 0.15) is 377 Å². The molecule has 5 aliphatic carbocycles. The third kappa shape index (κ3) is 61.9. The van der Waals surface area contributed by atoms with Gasteiger partial charge in [-0.3, -0.25) is 0 Å². The van der Waals surface area contributed by atoms with Crippen LogP contribution in [0.4, 0.5) is 0 Å². The van der Waals surface area contributed by atoms with Crippen molar-refractivity contribution in [2.75, 3.05) is 45.8 Å². The lowest BCUT2D eigenvalue weighted by Crippen LogP contribution is -2.54. The van der Waals surface area contributed by atoms with Gasteiger partial charge in [0.1, 0.15) is 20.0 Å². The van der Waals surface area contributed by atoms with Crippen molar-refractivity contribution in [1.29, 1.82) is 0 Å². The van der Waals surface area contributed by atoms with Crippen molar-refractivity contribution < 1.29 is 71.9 Å². The molecule has 0 amide bonds. The maximum Gasteiger partial charge on any atom is 0.339 e. The Balaban J connectivity index is 0.00000180. The van der Waals surface area contributed by atoms with Gasteiger partial charge in [0.15, 0.2) is 0 Å². The smallest absolute Gasteiger partial charge is 0.247 e. The number of hydrogen-bond acceptors (Lipinski definition) is 33. The van der Waals surface area contributed by atoms with Crippen LogP contribution >= 0.6 is 0 Å². The number of aromatic nitrogens is 3. The molecule has 2 aromatic rings. The first-order valence-electron chi connectivity index (χ1n) is 53.1. The fourth-order valence-corrected chi connectivity index (χ4v) is 20.9. The first kappa shape index (κ1) is 135. The van der Waals surface area contributed by atoms with Gasteiger partial charge in [-0.2, -0.15) is 15.0 Å². The minimum atomic E-state index is -1.14. The van der Waals surface area contributed by atoms with Crippen molar-refractivity contribution in [3.05, 3.63) is 91.7 Å². The molecule has 7 rings (SSSR count). The molecular weight excluding hydrogens is 1870 g/mol. The summed E-state index contributed by atoms with van der Waals surface area (Å²) >= 11 is 0. The normalized spacial score (nSPS) is 20.4. The topological polar surface area (TPSA) is 507 Å². The van der Waals surface area contributed by atoms with Crippen LogP contribution in [0.3, 0.4) is 0 Å². The molecule has 36 heteroatoms. The van der Waals surface area contributed by atoms with Gasteiger partial charge >= 0.3 is 17.1 Å². The number of unbranched alkanes of at least 4 members (excludes halogenated alkanes) is 19. The zero-order chi connectivity index (χ0) is 109. The number of carbonyl (C=O) groups excluding carboxylic acids is 15. The fourth-order valence-electron chi connectivity index (χ4n) is 20.9. The van der Waals surface area contributed by atoms with E-state index < -0.39 is 37.1 Å². The highest BCUT2D eigenvalue weighted by Crippen LogP contribution is 2.55. The lowest BCUT2D eigenvalue weighted by atomic mass is 9.55. The van der Waals surface area contributed by atoms with Crippen LogP contribution in [0, 0.1) is 62.6 Å². The molecule has 0 bridgehead atoms. The van der Waals surface area contributed by atoms with E-state index in [0.717, 1.165) is 165 Å². The summed E-state index contributed by atoms with van der Waals surface area (Å²) in [6.45, 7) is 25.9. The molecule has 1 aromatic heterocycles. The summed E-state index contributed by atoms with van der Waals surface area (Å²) in [4.78, 5) is 240. The average Bonchev–Trinajstić information content (AvgIpc) is 0.751. The molecule has 0 N–H and O–H groups in total. The van der Waals surface area contributed by atoms with E-state index in [1.807, 2.05) is 30.3 Å². The summed E-state index contributed by atoms with van der Waals surface area (Å²) < 4.78 is 1.23. The molecule has 0 aliphatic heterocycles. The standard InChI is InChI=1S/C43H74N2O2.C17H26N2O2.C12H18N2O2.C11H18N2O2.C9H6N6O6.C8H12N2O2.C8H7NO.C3H5NO/c1-3-5-7-8-9-13-18-24-29-39-33-35-43(34-27-21-16-15-20-26-32-42(43)45-38-47)41(40(39)30-23-6-4-2)31-25-19-14-11-10-12-17-22-28-36-44-37-46;1-17(2,13-3-7-15(8-4-13)18-11-20)14-5-9-16(10-6-14)19-12-21;1-11(2)4-10(14-9-16)5-12(3,6-11)7-13-8-15;1-10(4-5-12-8-14)6-11(2,3)7-13-9-15;16-4-10-1-13-7(19)14(2-11-5-17)9(21)15(8(13)20)3-12-6-18;11-7-9-5-3-1-2-4-6-10-8-12;10-7-9-6-8-4-2-1-3-5-8;1-2-4-3-5/h25,31,33,35,39-42H,3-24,26-30,32,34,36H2,1-2H3;13-16H,3-10H2,1-2H3;10H,4-7H2,1-3H3;10H,4-7H2,1-3H3;1-3H2;1-6H2;1-5H,6H2;2H2,1H3/b31-25-;;;;;;;. The van der Waals surface area contributed by atoms with Gasteiger partial charge in [-0.15, -0.1) is 0 Å². The van der Waals surface area contributed by atoms with Crippen LogP contribution in [0.5, 0.6) is 0 Å². The van der Waals surface area contributed by atoms with E-state index in [2.05, 4.69) is 175 Å². The minimum absolute atomic E-state index is 0.00171. The Morgan fingerprint density at radius 1 is 0.415 bits per heavy atom. The molecular formula is C111H166N18O18. The Kier molecular flexibility index (Phi) is 79.7. The van der Waals surface area contributed by atoms with E-state index in [-0.39, 0.29) is 45.8 Å². The molecule has 1 spiro atoms. The molecule has 1 aromatic carbocycles. The van der Waals surface area contributed by atoms with Gasteiger partial charge in [-0.05, 0) is 211 Å². The third-order valence-electron chi connectivity index (χ3n) is 28.0. The second-order valence-corrected chi connectivity index (χ2v) is 41.0. The van der Waals surface area contributed by atoms with Gasteiger partial charge in [0.2, 0.25) is 91.2 Å². The highest BCUT2D eigenvalue weighted by atomic mass is 16.2. The van der Waals surface area contributed by atoms with Crippen LogP contribution < -0.4 is 17.1 Å². The zero-order valence-corrected chi connectivity index (χ0v) is 89.7. The van der Waals surface area contributed by atoms with Crippen molar-refractivity contribution in [1.82, 2.24) is 13.7 Å². The maximum absolute atomic E-state index is 11.9. The number of aliphatic imine (C=N–C) groups is 15. The molecule has 808 valence electrons. The Morgan fingerprint density at radius 2 is 0.830 bits per heavy atom. The molecule has 0 saturated heterocycles. The number of rotatable bonds is 55. The van der Waals surface area contributed by atoms with E-state index >= 15 is 0 Å². The Bertz CT molecular complexity index is 4850. The largest absolute Gasteiger partial charge is 0.339 e. The molecule has 0 radical (unpaired) electrons. The number of hydrogen-bond donors (Lipinski definition) is 0. The van der Waals surface area contributed by atoms with Crippen LogP contribution in [-0.4, -0.2) is 175 Å². The number of benzene rings is 1. The van der Waals surface area contributed by atoms with Crippen molar-refractivity contribution in [2.24, 2.45) is 137 Å². The molecule has 36 nitrogen and oxygen atoms in total. The van der Waals surface area contributed by atoms with Gasteiger partial charge in [-0.1, -0.05) is 278 Å². The minimum Gasteiger partial charge on any atom is -0.247 e. The van der Waals surface area contributed by atoms with Crippen molar-refractivity contribution >= 4 is 91.2 Å². The molecule has 4 fully saturated rings. The molecule has 147 heavy (non-hydrogen) atoms. The second kappa shape index (κ2) is 86.9. The summed E-state index contributed by atoms with van der Waals surface area (Å²) in [5, 5.41) is 0. The van der Waals surface area contributed by atoms with Crippen molar-refractivity contribution in [3.63, 3.8) is 0 Å².